The molecule has 1 amide bonds. The van der Waals surface area contributed by atoms with Gasteiger partial charge in [-0.15, -0.1) is 0 Å². The number of hydrogen-bond acceptors (Lipinski definition) is 3. The zero-order valence-corrected chi connectivity index (χ0v) is 13.7. The van der Waals surface area contributed by atoms with Crippen molar-refractivity contribution in [2.24, 2.45) is 0 Å². The fourth-order valence-electron chi connectivity index (χ4n) is 2.25. The minimum absolute atomic E-state index is 0.0233. The number of aromatic nitrogens is 1. The van der Waals surface area contributed by atoms with Crippen LogP contribution >= 0.6 is 0 Å². The molecule has 1 aromatic heterocycles. The number of hydrogen-bond donors (Lipinski definition) is 2. The lowest BCUT2D eigenvalue weighted by atomic mass is 10.1. The topological polar surface area (TPSA) is 54.0 Å². The van der Waals surface area contributed by atoms with Crippen LogP contribution in [-0.2, 0) is 4.79 Å². The number of carbonyl (C=O) groups excluding carboxylic acids is 1. The van der Waals surface area contributed by atoms with Gasteiger partial charge in [-0.3, -0.25) is 9.78 Å². The van der Waals surface area contributed by atoms with E-state index in [9.17, 15) is 9.18 Å². The van der Waals surface area contributed by atoms with Gasteiger partial charge >= 0.3 is 0 Å². The molecule has 0 aliphatic rings. The quantitative estimate of drug-likeness (QED) is 0.857. The third-order valence-electron chi connectivity index (χ3n) is 3.59. The van der Waals surface area contributed by atoms with Crippen molar-refractivity contribution in [1.82, 2.24) is 10.3 Å². The van der Waals surface area contributed by atoms with Crippen molar-refractivity contribution in [2.45, 2.75) is 33.2 Å². The lowest BCUT2D eigenvalue weighted by Crippen LogP contribution is -2.26. The van der Waals surface area contributed by atoms with Gasteiger partial charge in [0.15, 0.2) is 0 Å². The first-order chi connectivity index (χ1) is 11.0. The Morgan fingerprint density at radius 1 is 1.30 bits per heavy atom. The summed E-state index contributed by atoms with van der Waals surface area (Å²) < 4.78 is 13.7. The summed E-state index contributed by atoms with van der Waals surface area (Å²) in [5, 5.41) is 6.14. The number of nitrogens with one attached hydrogen (secondary N) is 2. The van der Waals surface area contributed by atoms with E-state index in [0.29, 0.717) is 12.1 Å². The predicted octanol–water partition coefficient (Wildman–Crippen LogP) is 3.52. The molecule has 0 saturated heterocycles. The van der Waals surface area contributed by atoms with E-state index in [-0.39, 0.29) is 17.8 Å². The number of nitrogens with zero attached hydrogens (tertiary/aromatic N) is 1. The Kier molecular flexibility index (Phi) is 5.68. The van der Waals surface area contributed by atoms with Gasteiger partial charge < -0.3 is 10.6 Å². The van der Waals surface area contributed by atoms with E-state index < -0.39 is 0 Å². The van der Waals surface area contributed by atoms with Crippen LogP contribution in [0.2, 0.25) is 0 Å². The molecule has 0 aliphatic carbocycles. The number of rotatable bonds is 6. The van der Waals surface area contributed by atoms with Gasteiger partial charge in [-0.05, 0) is 44.0 Å². The maximum atomic E-state index is 13.7. The van der Waals surface area contributed by atoms with E-state index in [2.05, 4.69) is 15.6 Å². The molecule has 1 aromatic carbocycles. The van der Waals surface area contributed by atoms with Gasteiger partial charge in [0.25, 0.3) is 0 Å². The summed E-state index contributed by atoms with van der Waals surface area (Å²) in [5.74, 6) is -0.254. The highest BCUT2D eigenvalue weighted by Gasteiger charge is 2.06. The number of amides is 1. The maximum Gasteiger partial charge on any atom is 0.216 e. The SMILES string of the molecule is CC(=O)NCCC(C)Nc1ccnc(-c2ccc(C)c(F)c2)c1. The Bertz CT molecular complexity index is 688. The van der Waals surface area contributed by atoms with Crippen LogP contribution in [0.4, 0.5) is 10.1 Å². The van der Waals surface area contributed by atoms with Crippen LogP contribution in [0.15, 0.2) is 36.5 Å². The number of anilines is 1. The first-order valence-electron chi connectivity index (χ1n) is 7.69. The maximum absolute atomic E-state index is 13.7. The van der Waals surface area contributed by atoms with Crippen LogP contribution in [-0.4, -0.2) is 23.5 Å². The number of benzene rings is 1. The molecule has 0 saturated carbocycles. The van der Waals surface area contributed by atoms with Crippen LogP contribution in [0.1, 0.15) is 25.8 Å². The molecule has 0 spiro atoms. The molecule has 23 heavy (non-hydrogen) atoms. The van der Waals surface area contributed by atoms with Gasteiger partial charge in [-0.2, -0.15) is 0 Å². The first kappa shape index (κ1) is 16.9. The minimum Gasteiger partial charge on any atom is -0.382 e. The molecule has 2 rings (SSSR count). The van der Waals surface area contributed by atoms with Crippen LogP contribution < -0.4 is 10.6 Å². The normalized spacial score (nSPS) is 11.8. The Morgan fingerprint density at radius 2 is 2.09 bits per heavy atom. The first-order valence-corrected chi connectivity index (χ1v) is 7.69. The largest absolute Gasteiger partial charge is 0.382 e. The van der Waals surface area contributed by atoms with Crippen molar-refractivity contribution in [3.63, 3.8) is 0 Å². The molecular formula is C18H22FN3O. The summed E-state index contributed by atoms with van der Waals surface area (Å²) in [6.45, 7) is 5.92. The zero-order valence-electron chi connectivity index (χ0n) is 13.7. The zero-order chi connectivity index (χ0) is 16.8. The third-order valence-corrected chi connectivity index (χ3v) is 3.59. The van der Waals surface area contributed by atoms with Crippen LogP contribution in [0.3, 0.4) is 0 Å². The highest BCUT2D eigenvalue weighted by atomic mass is 19.1. The lowest BCUT2D eigenvalue weighted by molar-refractivity contribution is -0.118. The van der Waals surface area contributed by atoms with E-state index >= 15 is 0 Å². The molecule has 2 N–H and O–H groups in total. The van der Waals surface area contributed by atoms with Gasteiger partial charge in [0.05, 0.1) is 5.69 Å². The second-order valence-corrected chi connectivity index (χ2v) is 5.71. The Morgan fingerprint density at radius 3 is 2.78 bits per heavy atom. The fraction of sp³-hybridized carbons (Fsp3) is 0.333. The number of carbonyl (C=O) groups is 1. The molecule has 0 fully saturated rings. The molecule has 1 atom stereocenters. The summed E-state index contributed by atoms with van der Waals surface area (Å²) in [4.78, 5) is 15.2. The summed E-state index contributed by atoms with van der Waals surface area (Å²) >= 11 is 0. The Labute approximate surface area is 136 Å². The molecule has 1 unspecified atom stereocenters. The molecule has 1 heterocycles. The average Bonchev–Trinajstić information content (AvgIpc) is 2.50. The van der Waals surface area contributed by atoms with E-state index in [1.807, 2.05) is 25.1 Å². The molecule has 0 aliphatic heterocycles. The third kappa shape index (κ3) is 5.06. The molecule has 122 valence electrons. The summed E-state index contributed by atoms with van der Waals surface area (Å²) in [5.41, 5.74) is 3.02. The summed E-state index contributed by atoms with van der Waals surface area (Å²) in [6, 6.07) is 9.10. The Balaban J connectivity index is 2.04. The van der Waals surface area contributed by atoms with Crippen molar-refractivity contribution in [1.29, 1.82) is 0 Å². The minimum atomic E-state index is -0.230. The predicted molar refractivity (Wildman–Crippen MR) is 90.8 cm³/mol. The van der Waals surface area contributed by atoms with Crippen LogP contribution in [0.5, 0.6) is 0 Å². The van der Waals surface area contributed by atoms with E-state index in [0.717, 1.165) is 23.4 Å². The highest BCUT2D eigenvalue weighted by molar-refractivity contribution is 5.72. The number of aryl methyl sites for hydroxylation is 1. The van der Waals surface area contributed by atoms with Gasteiger partial charge in [0.2, 0.25) is 5.91 Å². The standard InChI is InChI=1S/C18H22FN3O/c1-12-4-5-15(10-17(12)19)18-11-16(7-9-21-18)22-13(2)6-8-20-14(3)23/h4-5,7,9-11,13H,6,8H2,1-3H3,(H,20,23)(H,21,22). The van der Waals surface area contributed by atoms with Crippen molar-refractivity contribution < 1.29 is 9.18 Å². The smallest absolute Gasteiger partial charge is 0.216 e. The van der Waals surface area contributed by atoms with Gasteiger partial charge in [-0.1, -0.05) is 12.1 Å². The Hall–Kier alpha value is -2.43. The van der Waals surface area contributed by atoms with E-state index in [4.69, 9.17) is 0 Å². The molecule has 5 heteroatoms. The summed E-state index contributed by atoms with van der Waals surface area (Å²) in [6.07, 6.45) is 2.52. The summed E-state index contributed by atoms with van der Waals surface area (Å²) in [7, 11) is 0. The van der Waals surface area contributed by atoms with Crippen LogP contribution in [0.25, 0.3) is 11.3 Å². The monoisotopic (exact) mass is 315 g/mol. The van der Waals surface area contributed by atoms with Crippen molar-refractivity contribution in [3.05, 3.63) is 47.9 Å². The second-order valence-electron chi connectivity index (χ2n) is 5.71. The molecule has 4 nitrogen and oxygen atoms in total. The average molecular weight is 315 g/mol. The number of halogens is 1. The van der Waals surface area contributed by atoms with E-state index in [1.54, 1.807) is 19.2 Å². The lowest BCUT2D eigenvalue weighted by Gasteiger charge is -2.16. The van der Waals surface area contributed by atoms with Gasteiger partial charge in [-0.25, -0.2) is 4.39 Å². The van der Waals surface area contributed by atoms with Gasteiger partial charge in [0.1, 0.15) is 5.82 Å². The number of pyridine rings is 1. The highest BCUT2D eigenvalue weighted by Crippen LogP contribution is 2.22. The second kappa shape index (κ2) is 7.72. The molecular weight excluding hydrogens is 293 g/mol. The molecule has 0 bridgehead atoms. The van der Waals surface area contributed by atoms with Crippen molar-refractivity contribution in [2.75, 3.05) is 11.9 Å². The van der Waals surface area contributed by atoms with Crippen LogP contribution in [0, 0.1) is 12.7 Å². The van der Waals surface area contributed by atoms with Gasteiger partial charge in [0, 0.05) is 37.0 Å². The molecule has 0 radical (unpaired) electrons. The van der Waals surface area contributed by atoms with Crippen molar-refractivity contribution >= 4 is 11.6 Å². The van der Waals surface area contributed by atoms with E-state index in [1.165, 1.54) is 13.0 Å². The fourth-order valence-corrected chi connectivity index (χ4v) is 2.25. The molecule has 2 aromatic rings. The van der Waals surface area contributed by atoms with Crippen molar-refractivity contribution in [3.8, 4) is 11.3 Å².